The van der Waals surface area contributed by atoms with Crippen LogP contribution in [0.1, 0.15) is 46.5 Å². The quantitative estimate of drug-likeness (QED) is 0.259. The second-order valence-electron chi connectivity index (χ2n) is 4.61. The summed E-state index contributed by atoms with van der Waals surface area (Å²) >= 11 is 0. The first-order chi connectivity index (χ1) is 8.60. The molecule has 6 heteroatoms. The first kappa shape index (κ1) is 20.8. The molecule has 0 radical (unpaired) electrons. The van der Waals surface area contributed by atoms with E-state index >= 15 is 0 Å². The topological polar surface area (TPSA) is 65.5 Å². The summed E-state index contributed by atoms with van der Waals surface area (Å²) in [6.07, 6.45) is 4.04. The summed E-state index contributed by atoms with van der Waals surface area (Å²) in [5.74, 6) is 0.836. The SMILES string of the molecule is CCCCCNC(=NC)NCCC(=O)NC(C)C.I. The average molecular weight is 384 g/mol. The number of nitrogens with zero attached hydrogens (tertiary/aromatic N) is 1. The van der Waals surface area contributed by atoms with E-state index in [0.717, 1.165) is 18.9 Å². The zero-order valence-electron chi connectivity index (χ0n) is 12.6. The Labute approximate surface area is 134 Å². The second kappa shape index (κ2) is 13.9. The number of carbonyl (C=O) groups is 1. The zero-order valence-corrected chi connectivity index (χ0v) is 14.9. The normalized spacial score (nSPS) is 10.9. The Hall–Kier alpha value is -0.530. The molecule has 0 saturated carbocycles. The van der Waals surface area contributed by atoms with Gasteiger partial charge in [-0.25, -0.2) is 0 Å². The molecule has 0 aliphatic heterocycles. The molecule has 0 aromatic rings. The van der Waals surface area contributed by atoms with E-state index in [1.54, 1.807) is 7.05 Å². The van der Waals surface area contributed by atoms with Gasteiger partial charge >= 0.3 is 0 Å². The van der Waals surface area contributed by atoms with Gasteiger partial charge in [0, 0.05) is 32.6 Å². The molecule has 0 saturated heterocycles. The first-order valence-electron chi connectivity index (χ1n) is 6.84. The van der Waals surface area contributed by atoms with Crippen molar-refractivity contribution in [2.75, 3.05) is 20.1 Å². The van der Waals surface area contributed by atoms with Crippen molar-refractivity contribution in [3.63, 3.8) is 0 Å². The molecule has 5 nitrogen and oxygen atoms in total. The summed E-state index contributed by atoms with van der Waals surface area (Å²) in [5.41, 5.74) is 0. The van der Waals surface area contributed by atoms with Crippen molar-refractivity contribution in [3.05, 3.63) is 0 Å². The van der Waals surface area contributed by atoms with Gasteiger partial charge in [0.25, 0.3) is 0 Å². The van der Waals surface area contributed by atoms with Crippen molar-refractivity contribution in [1.29, 1.82) is 0 Å². The van der Waals surface area contributed by atoms with E-state index in [9.17, 15) is 4.79 Å². The third kappa shape index (κ3) is 13.7. The fourth-order valence-electron chi connectivity index (χ4n) is 1.49. The lowest BCUT2D eigenvalue weighted by Gasteiger charge is -2.12. The highest BCUT2D eigenvalue weighted by Crippen LogP contribution is 1.90. The lowest BCUT2D eigenvalue weighted by molar-refractivity contribution is -0.121. The van der Waals surface area contributed by atoms with E-state index in [4.69, 9.17) is 0 Å². The molecular weight excluding hydrogens is 355 g/mol. The first-order valence-corrected chi connectivity index (χ1v) is 6.84. The number of hydrogen-bond donors (Lipinski definition) is 3. The van der Waals surface area contributed by atoms with Crippen molar-refractivity contribution >= 4 is 35.8 Å². The molecule has 0 aromatic heterocycles. The van der Waals surface area contributed by atoms with E-state index in [-0.39, 0.29) is 35.9 Å². The maximum absolute atomic E-state index is 11.4. The zero-order chi connectivity index (χ0) is 13.8. The van der Waals surface area contributed by atoms with Crippen molar-refractivity contribution < 1.29 is 4.79 Å². The van der Waals surface area contributed by atoms with Crippen molar-refractivity contribution in [3.8, 4) is 0 Å². The van der Waals surface area contributed by atoms with Crippen LogP contribution in [0, 0.1) is 0 Å². The maximum atomic E-state index is 11.4. The third-order valence-electron chi connectivity index (χ3n) is 2.39. The third-order valence-corrected chi connectivity index (χ3v) is 2.39. The summed E-state index contributed by atoms with van der Waals surface area (Å²) < 4.78 is 0. The van der Waals surface area contributed by atoms with Crippen LogP contribution in [0.15, 0.2) is 4.99 Å². The van der Waals surface area contributed by atoms with Gasteiger partial charge in [0.1, 0.15) is 0 Å². The highest BCUT2D eigenvalue weighted by Gasteiger charge is 2.03. The lowest BCUT2D eigenvalue weighted by Crippen LogP contribution is -2.40. The van der Waals surface area contributed by atoms with Gasteiger partial charge in [0.05, 0.1) is 0 Å². The molecule has 1 amide bonds. The van der Waals surface area contributed by atoms with Crippen LogP contribution in [0.3, 0.4) is 0 Å². The molecule has 19 heavy (non-hydrogen) atoms. The standard InChI is InChI=1S/C13H28N4O.HI/c1-5-6-7-9-15-13(14-4)16-10-8-12(18)17-11(2)3;/h11H,5-10H2,1-4H3,(H,17,18)(H2,14,15,16);1H. The van der Waals surface area contributed by atoms with Crippen molar-refractivity contribution in [2.45, 2.75) is 52.5 Å². The molecule has 0 rings (SSSR count). The van der Waals surface area contributed by atoms with Gasteiger partial charge in [-0.05, 0) is 20.3 Å². The number of guanidine groups is 1. The van der Waals surface area contributed by atoms with Gasteiger partial charge in [-0.3, -0.25) is 9.79 Å². The van der Waals surface area contributed by atoms with Gasteiger partial charge in [-0.1, -0.05) is 19.8 Å². The number of amides is 1. The molecule has 0 bridgehead atoms. The van der Waals surface area contributed by atoms with E-state index in [2.05, 4.69) is 27.9 Å². The molecular formula is C13H29IN4O. The number of halogens is 1. The van der Waals surface area contributed by atoms with Crippen LogP contribution >= 0.6 is 24.0 Å². The number of nitrogens with one attached hydrogen (secondary N) is 3. The molecule has 0 heterocycles. The Morgan fingerprint density at radius 3 is 2.32 bits per heavy atom. The minimum Gasteiger partial charge on any atom is -0.356 e. The van der Waals surface area contributed by atoms with Crippen LogP contribution in [-0.2, 0) is 4.79 Å². The van der Waals surface area contributed by atoms with Gasteiger partial charge in [-0.2, -0.15) is 0 Å². The summed E-state index contributed by atoms with van der Waals surface area (Å²) in [6.45, 7) is 7.62. The highest BCUT2D eigenvalue weighted by atomic mass is 127. The van der Waals surface area contributed by atoms with E-state index < -0.39 is 0 Å². The number of aliphatic imine (C=N–C) groups is 1. The minimum atomic E-state index is 0. The highest BCUT2D eigenvalue weighted by molar-refractivity contribution is 14.0. The summed E-state index contributed by atoms with van der Waals surface area (Å²) in [6, 6.07) is 0.198. The van der Waals surface area contributed by atoms with E-state index in [0.29, 0.717) is 13.0 Å². The Kier molecular flexibility index (Phi) is 15.2. The number of unbranched alkanes of at least 4 members (excludes halogenated alkanes) is 2. The largest absolute Gasteiger partial charge is 0.356 e. The molecule has 0 atom stereocenters. The van der Waals surface area contributed by atoms with Crippen molar-refractivity contribution in [2.24, 2.45) is 4.99 Å². The van der Waals surface area contributed by atoms with Gasteiger partial charge in [0.2, 0.25) is 5.91 Å². The minimum absolute atomic E-state index is 0. The predicted octanol–water partition coefficient (Wildman–Crippen LogP) is 1.87. The number of hydrogen-bond acceptors (Lipinski definition) is 2. The number of carbonyl (C=O) groups excluding carboxylic acids is 1. The van der Waals surface area contributed by atoms with Crippen LogP contribution in [0.25, 0.3) is 0 Å². The van der Waals surface area contributed by atoms with Crippen LogP contribution in [0.2, 0.25) is 0 Å². The van der Waals surface area contributed by atoms with Crippen LogP contribution in [-0.4, -0.2) is 38.0 Å². The van der Waals surface area contributed by atoms with Crippen LogP contribution in [0.5, 0.6) is 0 Å². The fraction of sp³-hybridized carbons (Fsp3) is 0.846. The summed E-state index contributed by atoms with van der Waals surface area (Å²) in [4.78, 5) is 15.5. The average Bonchev–Trinajstić information content (AvgIpc) is 2.31. The summed E-state index contributed by atoms with van der Waals surface area (Å²) in [7, 11) is 1.74. The monoisotopic (exact) mass is 384 g/mol. The molecule has 0 fully saturated rings. The Balaban J connectivity index is 0. The second-order valence-corrected chi connectivity index (χ2v) is 4.61. The van der Waals surface area contributed by atoms with Gasteiger partial charge in [0.15, 0.2) is 5.96 Å². The van der Waals surface area contributed by atoms with Gasteiger partial charge in [-0.15, -0.1) is 24.0 Å². The van der Waals surface area contributed by atoms with Gasteiger partial charge < -0.3 is 16.0 Å². The molecule has 0 unspecified atom stereocenters. The van der Waals surface area contributed by atoms with Crippen LogP contribution < -0.4 is 16.0 Å². The Bertz CT molecular complexity index is 257. The van der Waals surface area contributed by atoms with E-state index in [1.165, 1.54) is 12.8 Å². The molecule has 114 valence electrons. The molecule has 0 aromatic carbocycles. The molecule has 3 N–H and O–H groups in total. The molecule has 0 aliphatic carbocycles. The van der Waals surface area contributed by atoms with E-state index in [1.807, 2.05) is 13.8 Å². The Morgan fingerprint density at radius 2 is 1.79 bits per heavy atom. The predicted molar refractivity (Wildman–Crippen MR) is 92.2 cm³/mol. The summed E-state index contributed by atoms with van der Waals surface area (Å²) in [5, 5.41) is 9.21. The van der Waals surface area contributed by atoms with Crippen molar-refractivity contribution in [1.82, 2.24) is 16.0 Å². The number of rotatable bonds is 8. The molecule has 0 aliphatic rings. The van der Waals surface area contributed by atoms with Crippen LogP contribution in [0.4, 0.5) is 0 Å². The molecule has 0 spiro atoms. The maximum Gasteiger partial charge on any atom is 0.221 e. The fourth-order valence-corrected chi connectivity index (χ4v) is 1.49. The smallest absolute Gasteiger partial charge is 0.221 e. The lowest BCUT2D eigenvalue weighted by atomic mass is 10.2. The Morgan fingerprint density at radius 1 is 1.16 bits per heavy atom.